The highest BCUT2D eigenvalue weighted by Gasteiger charge is 2.13. The fourth-order valence-electron chi connectivity index (χ4n) is 2.24. The van der Waals surface area contributed by atoms with E-state index in [0.29, 0.717) is 32.9 Å². The van der Waals surface area contributed by atoms with Gasteiger partial charge in [-0.1, -0.05) is 29.8 Å². The van der Waals surface area contributed by atoms with Crippen molar-refractivity contribution in [3.8, 4) is 0 Å². The lowest BCUT2D eigenvalue weighted by molar-refractivity contribution is -0.143. The summed E-state index contributed by atoms with van der Waals surface area (Å²) in [6.45, 7) is 8.24. The standard InChI is InChI=1S/C20H29NO4/c1-4-24-16-6-14-21(15-13-20(23)25-5-2)19(22)12-11-18-9-7-17(3)8-10-18/h7-12H,4-6,13-16H2,1-3H3/b12-11+. The Kier molecular flexibility index (Phi) is 10.2. The molecular weight excluding hydrogens is 318 g/mol. The molecule has 0 aliphatic carbocycles. The average Bonchev–Trinajstić information content (AvgIpc) is 2.60. The molecule has 0 aliphatic rings. The molecule has 0 spiro atoms. The van der Waals surface area contributed by atoms with Gasteiger partial charge in [-0.15, -0.1) is 0 Å². The quantitative estimate of drug-likeness (QED) is 0.350. The molecule has 0 heterocycles. The van der Waals surface area contributed by atoms with Crippen LogP contribution in [0.25, 0.3) is 6.08 Å². The highest BCUT2D eigenvalue weighted by molar-refractivity contribution is 5.92. The minimum absolute atomic E-state index is 0.110. The summed E-state index contributed by atoms with van der Waals surface area (Å²) < 4.78 is 10.3. The first-order valence-corrected chi connectivity index (χ1v) is 8.83. The van der Waals surface area contributed by atoms with Gasteiger partial charge in [-0.2, -0.15) is 0 Å². The van der Waals surface area contributed by atoms with Gasteiger partial charge in [0.25, 0.3) is 0 Å². The number of hydrogen-bond acceptors (Lipinski definition) is 4. The van der Waals surface area contributed by atoms with Gasteiger partial charge in [0.2, 0.25) is 5.91 Å². The van der Waals surface area contributed by atoms with Crippen LogP contribution in [-0.4, -0.2) is 49.7 Å². The lowest BCUT2D eigenvalue weighted by Crippen LogP contribution is -2.33. The largest absolute Gasteiger partial charge is 0.466 e. The summed E-state index contributed by atoms with van der Waals surface area (Å²) in [4.78, 5) is 25.7. The SMILES string of the molecule is CCOCCCN(CCC(=O)OCC)C(=O)/C=C/c1ccc(C)cc1. The summed E-state index contributed by atoms with van der Waals surface area (Å²) in [7, 11) is 0. The molecular formula is C20H29NO4. The molecule has 0 aromatic heterocycles. The van der Waals surface area contributed by atoms with Crippen LogP contribution < -0.4 is 0 Å². The van der Waals surface area contributed by atoms with E-state index in [1.54, 1.807) is 24.0 Å². The minimum Gasteiger partial charge on any atom is -0.466 e. The number of nitrogens with zero attached hydrogens (tertiary/aromatic N) is 1. The highest BCUT2D eigenvalue weighted by Crippen LogP contribution is 2.06. The van der Waals surface area contributed by atoms with Crippen molar-refractivity contribution in [1.29, 1.82) is 0 Å². The normalized spacial score (nSPS) is 10.8. The molecule has 1 aromatic carbocycles. The third-order valence-corrected chi connectivity index (χ3v) is 3.62. The van der Waals surface area contributed by atoms with Crippen molar-refractivity contribution in [2.24, 2.45) is 0 Å². The molecule has 138 valence electrons. The zero-order chi connectivity index (χ0) is 18.5. The molecule has 5 heteroatoms. The van der Waals surface area contributed by atoms with Crippen molar-refractivity contribution in [2.75, 3.05) is 32.9 Å². The van der Waals surface area contributed by atoms with Crippen LogP contribution in [0.1, 0.15) is 37.8 Å². The molecule has 0 bridgehead atoms. The number of hydrogen-bond donors (Lipinski definition) is 0. The predicted octanol–water partition coefficient (Wildman–Crippen LogP) is 3.22. The first kappa shape index (κ1) is 20.9. The number of carbonyl (C=O) groups excluding carboxylic acids is 2. The van der Waals surface area contributed by atoms with E-state index in [1.165, 1.54) is 5.56 Å². The van der Waals surface area contributed by atoms with Gasteiger partial charge in [0.05, 0.1) is 13.0 Å². The summed E-state index contributed by atoms with van der Waals surface area (Å²) in [6.07, 6.45) is 4.28. The smallest absolute Gasteiger partial charge is 0.307 e. The van der Waals surface area contributed by atoms with E-state index >= 15 is 0 Å². The highest BCUT2D eigenvalue weighted by atomic mass is 16.5. The number of rotatable bonds is 11. The Morgan fingerprint density at radius 2 is 1.80 bits per heavy atom. The van der Waals surface area contributed by atoms with Crippen LogP contribution in [0.2, 0.25) is 0 Å². The second-order valence-electron chi connectivity index (χ2n) is 5.67. The van der Waals surface area contributed by atoms with Gasteiger partial charge in [0.15, 0.2) is 0 Å². The van der Waals surface area contributed by atoms with Crippen LogP contribution in [0.5, 0.6) is 0 Å². The minimum atomic E-state index is -0.285. The van der Waals surface area contributed by atoms with E-state index in [-0.39, 0.29) is 18.3 Å². The van der Waals surface area contributed by atoms with Gasteiger partial charge in [0.1, 0.15) is 0 Å². The van der Waals surface area contributed by atoms with Crippen LogP contribution >= 0.6 is 0 Å². The summed E-state index contributed by atoms with van der Waals surface area (Å²) in [5.74, 6) is -0.394. The molecule has 0 aliphatic heterocycles. The number of amides is 1. The number of carbonyl (C=O) groups is 2. The Hall–Kier alpha value is -2.14. The third-order valence-electron chi connectivity index (χ3n) is 3.62. The van der Waals surface area contributed by atoms with Gasteiger partial charge in [-0.05, 0) is 38.8 Å². The second kappa shape index (κ2) is 12.3. The fraction of sp³-hybridized carbons (Fsp3) is 0.500. The molecule has 0 radical (unpaired) electrons. The summed E-state index contributed by atoms with van der Waals surface area (Å²) in [5.41, 5.74) is 2.15. The average molecular weight is 347 g/mol. The molecule has 1 rings (SSSR count). The Bertz CT molecular complexity index is 551. The monoisotopic (exact) mass is 347 g/mol. The van der Waals surface area contributed by atoms with Crippen molar-refractivity contribution in [1.82, 2.24) is 4.90 Å². The number of aryl methyl sites for hydroxylation is 1. The first-order chi connectivity index (χ1) is 12.1. The maximum Gasteiger partial charge on any atom is 0.307 e. The molecule has 25 heavy (non-hydrogen) atoms. The number of ether oxygens (including phenoxy) is 2. The van der Waals surface area contributed by atoms with Gasteiger partial charge >= 0.3 is 5.97 Å². The van der Waals surface area contributed by atoms with Gasteiger partial charge < -0.3 is 14.4 Å². The zero-order valence-corrected chi connectivity index (χ0v) is 15.5. The van der Waals surface area contributed by atoms with Crippen molar-refractivity contribution < 1.29 is 19.1 Å². The molecule has 0 fully saturated rings. The van der Waals surface area contributed by atoms with E-state index in [4.69, 9.17) is 9.47 Å². The molecule has 0 unspecified atom stereocenters. The molecule has 0 N–H and O–H groups in total. The van der Waals surface area contributed by atoms with Crippen LogP contribution in [-0.2, 0) is 19.1 Å². The maximum absolute atomic E-state index is 12.5. The lowest BCUT2D eigenvalue weighted by Gasteiger charge is -2.20. The second-order valence-corrected chi connectivity index (χ2v) is 5.67. The van der Waals surface area contributed by atoms with Gasteiger partial charge in [0, 0.05) is 32.4 Å². The Labute approximate surface area is 150 Å². The van der Waals surface area contributed by atoms with Crippen molar-refractivity contribution in [3.05, 3.63) is 41.5 Å². The molecule has 1 amide bonds. The fourth-order valence-corrected chi connectivity index (χ4v) is 2.24. The van der Waals surface area contributed by atoms with E-state index in [9.17, 15) is 9.59 Å². The van der Waals surface area contributed by atoms with E-state index in [1.807, 2.05) is 38.1 Å². The topological polar surface area (TPSA) is 55.8 Å². The molecule has 5 nitrogen and oxygen atoms in total. The Morgan fingerprint density at radius 1 is 1.08 bits per heavy atom. The van der Waals surface area contributed by atoms with Crippen molar-refractivity contribution in [3.63, 3.8) is 0 Å². The molecule has 0 saturated heterocycles. The summed E-state index contributed by atoms with van der Waals surface area (Å²) >= 11 is 0. The van der Waals surface area contributed by atoms with E-state index < -0.39 is 0 Å². The third kappa shape index (κ3) is 9.05. The van der Waals surface area contributed by atoms with Crippen LogP contribution in [0.15, 0.2) is 30.3 Å². The first-order valence-electron chi connectivity index (χ1n) is 8.83. The summed E-state index contributed by atoms with van der Waals surface area (Å²) in [6, 6.07) is 7.95. The number of esters is 1. The predicted molar refractivity (Wildman–Crippen MR) is 99.2 cm³/mol. The van der Waals surface area contributed by atoms with Gasteiger partial charge in [-0.3, -0.25) is 9.59 Å². The maximum atomic E-state index is 12.5. The Morgan fingerprint density at radius 3 is 2.44 bits per heavy atom. The van der Waals surface area contributed by atoms with E-state index in [0.717, 1.165) is 12.0 Å². The van der Waals surface area contributed by atoms with E-state index in [2.05, 4.69) is 0 Å². The van der Waals surface area contributed by atoms with Crippen LogP contribution in [0.3, 0.4) is 0 Å². The van der Waals surface area contributed by atoms with Crippen molar-refractivity contribution >= 4 is 18.0 Å². The molecule has 1 aromatic rings. The molecule has 0 saturated carbocycles. The zero-order valence-electron chi connectivity index (χ0n) is 15.5. The van der Waals surface area contributed by atoms with Crippen LogP contribution in [0.4, 0.5) is 0 Å². The lowest BCUT2D eigenvalue weighted by atomic mass is 10.1. The Balaban J connectivity index is 2.62. The van der Waals surface area contributed by atoms with Gasteiger partial charge in [-0.25, -0.2) is 0 Å². The molecule has 0 atom stereocenters. The van der Waals surface area contributed by atoms with Crippen molar-refractivity contribution in [2.45, 2.75) is 33.6 Å². The van der Waals surface area contributed by atoms with Crippen LogP contribution in [0, 0.1) is 6.92 Å². The number of benzene rings is 1. The summed E-state index contributed by atoms with van der Waals surface area (Å²) in [5, 5.41) is 0.